The van der Waals surface area contributed by atoms with Crippen LogP contribution in [0, 0.1) is 0 Å². The van der Waals surface area contributed by atoms with Crippen LogP contribution in [0.2, 0.25) is 10.0 Å². The van der Waals surface area contributed by atoms with Crippen LogP contribution in [0.15, 0.2) is 36.4 Å². The summed E-state index contributed by atoms with van der Waals surface area (Å²) in [5.74, 6) is 0.122. The molecule has 1 amide bonds. The van der Waals surface area contributed by atoms with Gasteiger partial charge in [0.25, 0.3) is 0 Å². The summed E-state index contributed by atoms with van der Waals surface area (Å²) in [7, 11) is 0. The number of imidazole rings is 1. The number of nitrogens with two attached hydrogens (primary N) is 1. The number of primary amides is 1. The van der Waals surface area contributed by atoms with Crippen LogP contribution in [0.25, 0.3) is 22.4 Å². The summed E-state index contributed by atoms with van der Waals surface area (Å²) < 4.78 is 0. The van der Waals surface area contributed by atoms with Crippen molar-refractivity contribution in [3.63, 3.8) is 0 Å². The third-order valence-electron chi connectivity index (χ3n) is 2.94. The highest BCUT2D eigenvalue weighted by atomic mass is 35.5. The molecule has 100 valence electrons. The Balaban J connectivity index is 2.17. The molecule has 0 saturated carbocycles. The van der Waals surface area contributed by atoms with Crippen molar-refractivity contribution >= 4 is 40.1 Å². The van der Waals surface area contributed by atoms with E-state index >= 15 is 0 Å². The van der Waals surface area contributed by atoms with Gasteiger partial charge in [-0.25, -0.2) is 4.98 Å². The van der Waals surface area contributed by atoms with E-state index in [1.54, 1.807) is 18.2 Å². The Labute approximate surface area is 124 Å². The second-order valence-electron chi connectivity index (χ2n) is 4.31. The number of rotatable bonds is 2. The third kappa shape index (κ3) is 2.24. The number of hydrogen-bond acceptors (Lipinski definition) is 2. The summed E-state index contributed by atoms with van der Waals surface area (Å²) in [6, 6.07) is 10.4. The largest absolute Gasteiger partial charge is 0.366 e. The standard InChI is InChI=1S/C14H9Cl2N3O/c15-9-3-1-7(2-4-9)14-18-11-6-8(13(17)20)5-10(16)12(11)19-14/h1-6H,(H2,17,20)(H,18,19). The van der Waals surface area contributed by atoms with E-state index in [0.29, 0.717) is 32.5 Å². The van der Waals surface area contributed by atoms with E-state index in [9.17, 15) is 4.79 Å². The number of carbonyl (C=O) groups excluding carboxylic acids is 1. The van der Waals surface area contributed by atoms with Gasteiger partial charge >= 0.3 is 0 Å². The summed E-state index contributed by atoms with van der Waals surface area (Å²) >= 11 is 12.0. The van der Waals surface area contributed by atoms with Crippen LogP contribution in [0.5, 0.6) is 0 Å². The number of halogens is 2. The smallest absolute Gasteiger partial charge is 0.248 e. The second-order valence-corrected chi connectivity index (χ2v) is 5.15. The highest BCUT2D eigenvalue weighted by Crippen LogP contribution is 2.27. The molecule has 3 rings (SSSR count). The molecular weight excluding hydrogens is 297 g/mol. The number of nitrogens with one attached hydrogen (secondary N) is 1. The highest BCUT2D eigenvalue weighted by Gasteiger charge is 2.12. The predicted molar refractivity (Wildman–Crippen MR) is 80.1 cm³/mol. The summed E-state index contributed by atoms with van der Waals surface area (Å²) in [4.78, 5) is 18.8. The van der Waals surface area contributed by atoms with Gasteiger partial charge in [-0.15, -0.1) is 0 Å². The predicted octanol–water partition coefficient (Wildman–Crippen LogP) is 3.64. The van der Waals surface area contributed by atoms with E-state index in [1.807, 2.05) is 12.1 Å². The highest BCUT2D eigenvalue weighted by molar-refractivity contribution is 6.35. The van der Waals surface area contributed by atoms with Crippen LogP contribution in [0.1, 0.15) is 10.4 Å². The lowest BCUT2D eigenvalue weighted by Gasteiger charge is -1.97. The van der Waals surface area contributed by atoms with E-state index < -0.39 is 5.91 Å². The van der Waals surface area contributed by atoms with E-state index in [2.05, 4.69) is 9.97 Å². The molecule has 0 unspecified atom stereocenters. The monoisotopic (exact) mass is 305 g/mol. The van der Waals surface area contributed by atoms with Gasteiger partial charge in [-0.05, 0) is 36.4 Å². The number of nitrogens with zero attached hydrogens (tertiary/aromatic N) is 1. The Morgan fingerprint density at radius 3 is 2.50 bits per heavy atom. The Kier molecular flexibility index (Phi) is 3.12. The Bertz CT molecular complexity index is 809. The zero-order valence-electron chi connectivity index (χ0n) is 10.2. The number of aromatic nitrogens is 2. The fourth-order valence-electron chi connectivity index (χ4n) is 1.96. The summed E-state index contributed by atoms with van der Waals surface area (Å²) in [5.41, 5.74) is 7.74. The van der Waals surface area contributed by atoms with Crippen LogP contribution in [0.3, 0.4) is 0 Å². The van der Waals surface area contributed by atoms with Crippen molar-refractivity contribution in [3.8, 4) is 11.4 Å². The minimum Gasteiger partial charge on any atom is -0.366 e. The Hall–Kier alpha value is -2.04. The Morgan fingerprint density at radius 1 is 1.15 bits per heavy atom. The molecule has 0 fully saturated rings. The minimum atomic E-state index is -0.531. The molecule has 3 N–H and O–H groups in total. The molecule has 3 aromatic rings. The number of amides is 1. The molecule has 0 radical (unpaired) electrons. The number of H-pyrrole nitrogens is 1. The number of aromatic amines is 1. The molecule has 1 aromatic heterocycles. The van der Waals surface area contributed by atoms with Crippen LogP contribution < -0.4 is 5.73 Å². The first kappa shape index (κ1) is 13.0. The minimum absolute atomic E-state index is 0.341. The van der Waals surface area contributed by atoms with Crippen molar-refractivity contribution in [3.05, 3.63) is 52.0 Å². The van der Waals surface area contributed by atoms with E-state index in [0.717, 1.165) is 5.56 Å². The van der Waals surface area contributed by atoms with Gasteiger partial charge in [0.05, 0.1) is 10.5 Å². The van der Waals surface area contributed by atoms with Gasteiger partial charge in [0, 0.05) is 16.1 Å². The maximum atomic E-state index is 11.2. The van der Waals surface area contributed by atoms with E-state index in [1.165, 1.54) is 6.07 Å². The van der Waals surface area contributed by atoms with Crippen molar-refractivity contribution in [1.29, 1.82) is 0 Å². The summed E-state index contributed by atoms with van der Waals surface area (Å²) in [5, 5.41) is 1.03. The van der Waals surface area contributed by atoms with Crippen LogP contribution >= 0.6 is 23.2 Å². The van der Waals surface area contributed by atoms with Crippen LogP contribution in [-0.2, 0) is 0 Å². The molecule has 0 atom stereocenters. The average molecular weight is 306 g/mol. The van der Waals surface area contributed by atoms with Gasteiger partial charge in [-0.2, -0.15) is 0 Å². The zero-order valence-corrected chi connectivity index (χ0v) is 11.7. The van der Waals surface area contributed by atoms with E-state index in [-0.39, 0.29) is 0 Å². The summed E-state index contributed by atoms with van der Waals surface area (Å²) in [6.07, 6.45) is 0. The van der Waals surface area contributed by atoms with E-state index in [4.69, 9.17) is 28.9 Å². The molecule has 0 aliphatic rings. The second kappa shape index (κ2) is 4.81. The van der Waals surface area contributed by atoms with Crippen molar-refractivity contribution in [2.75, 3.05) is 0 Å². The van der Waals surface area contributed by atoms with Crippen LogP contribution in [0.4, 0.5) is 0 Å². The lowest BCUT2D eigenvalue weighted by molar-refractivity contribution is 0.100. The van der Waals surface area contributed by atoms with Gasteiger partial charge in [-0.3, -0.25) is 4.79 Å². The molecule has 2 aromatic carbocycles. The fraction of sp³-hybridized carbons (Fsp3) is 0. The summed E-state index contributed by atoms with van der Waals surface area (Å²) in [6.45, 7) is 0. The van der Waals surface area contributed by atoms with Gasteiger partial charge < -0.3 is 10.7 Å². The maximum absolute atomic E-state index is 11.2. The quantitative estimate of drug-likeness (QED) is 0.758. The third-order valence-corrected chi connectivity index (χ3v) is 3.48. The van der Waals surface area contributed by atoms with Crippen molar-refractivity contribution in [1.82, 2.24) is 9.97 Å². The van der Waals surface area contributed by atoms with Gasteiger partial charge in [-0.1, -0.05) is 23.2 Å². The molecular formula is C14H9Cl2N3O. The molecule has 0 saturated heterocycles. The van der Waals surface area contributed by atoms with Crippen molar-refractivity contribution < 1.29 is 4.79 Å². The van der Waals surface area contributed by atoms with Gasteiger partial charge in [0.1, 0.15) is 11.3 Å². The Morgan fingerprint density at radius 2 is 1.85 bits per heavy atom. The van der Waals surface area contributed by atoms with Gasteiger partial charge in [0.15, 0.2) is 0 Å². The number of fused-ring (bicyclic) bond motifs is 1. The number of carbonyl (C=O) groups is 1. The normalized spacial score (nSPS) is 10.9. The average Bonchev–Trinajstić information content (AvgIpc) is 2.84. The molecule has 0 bridgehead atoms. The molecule has 0 aliphatic carbocycles. The number of hydrogen-bond donors (Lipinski definition) is 2. The fourth-order valence-corrected chi connectivity index (χ4v) is 2.35. The topological polar surface area (TPSA) is 71.8 Å². The molecule has 6 heteroatoms. The van der Waals surface area contributed by atoms with Crippen molar-refractivity contribution in [2.24, 2.45) is 5.73 Å². The van der Waals surface area contributed by atoms with Gasteiger partial charge in [0.2, 0.25) is 5.91 Å². The molecule has 0 spiro atoms. The van der Waals surface area contributed by atoms with Crippen molar-refractivity contribution in [2.45, 2.75) is 0 Å². The lowest BCUT2D eigenvalue weighted by Crippen LogP contribution is -2.10. The SMILES string of the molecule is NC(=O)c1cc(Cl)c2nc(-c3ccc(Cl)cc3)[nH]c2c1. The first-order valence-electron chi connectivity index (χ1n) is 5.79. The first-order valence-corrected chi connectivity index (χ1v) is 6.55. The number of benzene rings is 2. The first-order chi connectivity index (χ1) is 9.54. The molecule has 20 heavy (non-hydrogen) atoms. The molecule has 4 nitrogen and oxygen atoms in total. The lowest BCUT2D eigenvalue weighted by atomic mass is 10.2. The maximum Gasteiger partial charge on any atom is 0.248 e. The molecule has 0 aliphatic heterocycles. The van der Waals surface area contributed by atoms with Crippen LogP contribution in [-0.4, -0.2) is 15.9 Å². The molecule has 1 heterocycles. The zero-order chi connectivity index (χ0) is 14.3.